The van der Waals surface area contributed by atoms with E-state index in [2.05, 4.69) is 10.00 Å². The molecule has 160 valence electrons. The molecule has 1 aromatic heterocycles. The summed E-state index contributed by atoms with van der Waals surface area (Å²) in [5.74, 6) is -0.289. The maximum atomic E-state index is 13.4. The van der Waals surface area contributed by atoms with Crippen molar-refractivity contribution in [2.45, 2.75) is 32.2 Å². The lowest BCUT2D eigenvalue weighted by molar-refractivity contribution is -0.137. The molecule has 2 aliphatic rings. The van der Waals surface area contributed by atoms with Crippen LogP contribution >= 0.6 is 0 Å². The molecular weight excluding hydrogens is 385 g/mol. The average Bonchev–Trinajstić information content (AvgIpc) is 3.29. The van der Waals surface area contributed by atoms with Gasteiger partial charge in [0.2, 0.25) is 5.91 Å². The Kier molecular flexibility index (Phi) is 6.13. The zero-order valence-electron chi connectivity index (χ0n) is 17.3. The van der Waals surface area contributed by atoms with E-state index in [4.69, 9.17) is 0 Å². The molecule has 4 rings (SSSR count). The van der Waals surface area contributed by atoms with Crippen LogP contribution in [0.25, 0.3) is 5.69 Å². The largest absolute Gasteiger partial charge is 0.341 e. The van der Waals surface area contributed by atoms with Crippen molar-refractivity contribution in [1.82, 2.24) is 24.5 Å². The van der Waals surface area contributed by atoms with Crippen LogP contribution in [0.4, 0.5) is 4.39 Å². The Labute approximate surface area is 176 Å². The molecule has 0 radical (unpaired) electrons. The van der Waals surface area contributed by atoms with Crippen LogP contribution in [0.5, 0.6) is 0 Å². The highest BCUT2D eigenvalue weighted by atomic mass is 19.1. The molecule has 7 nitrogen and oxygen atoms in total. The molecule has 30 heavy (non-hydrogen) atoms. The van der Waals surface area contributed by atoms with E-state index in [1.165, 1.54) is 23.2 Å². The summed E-state index contributed by atoms with van der Waals surface area (Å²) < 4.78 is 14.9. The lowest BCUT2D eigenvalue weighted by atomic mass is 10.1. The number of hydrogen-bond acceptors (Lipinski definition) is 4. The highest BCUT2D eigenvalue weighted by Gasteiger charge is 2.31. The molecule has 1 unspecified atom stereocenters. The van der Waals surface area contributed by atoms with Crippen molar-refractivity contribution in [2.75, 3.05) is 39.3 Å². The van der Waals surface area contributed by atoms with Gasteiger partial charge in [0.25, 0.3) is 5.91 Å². The summed E-state index contributed by atoms with van der Waals surface area (Å²) in [5, 5.41) is 4.32. The third-order valence-corrected chi connectivity index (χ3v) is 6.06. The first-order valence-corrected chi connectivity index (χ1v) is 10.7. The summed E-state index contributed by atoms with van der Waals surface area (Å²) in [4.78, 5) is 31.5. The second-order valence-electron chi connectivity index (χ2n) is 8.02. The zero-order chi connectivity index (χ0) is 21.1. The van der Waals surface area contributed by atoms with Crippen molar-refractivity contribution in [3.05, 3.63) is 48.0 Å². The quantitative estimate of drug-likeness (QED) is 0.771. The number of halogens is 1. The van der Waals surface area contributed by atoms with Gasteiger partial charge in [0.15, 0.2) is 5.69 Å². The first-order valence-electron chi connectivity index (χ1n) is 10.7. The molecule has 2 aliphatic heterocycles. The van der Waals surface area contributed by atoms with Crippen molar-refractivity contribution >= 4 is 11.8 Å². The van der Waals surface area contributed by atoms with Gasteiger partial charge in [0.05, 0.1) is 11.7 Å². The minimum atomic E-state index is -0.347. The number of amides is 2. The Morgan fingerprint density at radius 1 is 0.967 bits per heavy atom. The van der Waals surface area contributed by atoms with Gasteiger partial charge in [-0.2, -0.15) is 5.10 Å². The smallest absolute Gasteiger partial charge is 0.274 e. The molecule has 0 N–H and O–H groups in total. The maximum absolute atomic E-state index is 13.4. The van der Waals surface area contributed by atoms with Gasteiger partial charge in [0.1, 0.15) is 5.82 Å². The van der Waals surface area contributed by atoms with Crippen LogP contribution in [0.1, 0.15) is 36.7 Å². The number of benzene rings is 1. The predicted octanol–water partition coefficient (Wildman–Crippen LogP) is 2.17. The number of hydrogen-bond donors (Lipinski definition) is 0. The molecule has 8 heteroatoms. The van der Waals surface area contributed by atoms with Crippen LogP contribution < -0.4 is 0 Å². The van der Waals surface area contributed by atoms with E-state index < -0.39 is 0 Å². The van der Waals surface area contributed by atoms with Crippen molar-refractivity contribution in [2.24, 2.45) is 0 Å². The number of likely N-dealkylation sites (tertiary alicyclic amines) is 1. The van der Waals surface area contributed by atoms with E-state index in [0.717, 1.165) is 25.9 Å². The lowest BCUT2D eigenvalue weighted by Gasteiger charge is -2.39. The number of rotatable bonds is 4. The van der Waals surface area contributed by atoms with Crippen LogP contribution in [-0.4, -0.2) is 81.6 Å². The fourth-order valence-electron chi connectivity index (χ4n) is 4.21. The Hall–Kier alpha value is -2.74. The first-order chi connectivity index (χ1) is 14.5. The molecule has 0 aliphatic carbocycles. The monoisotopic (exact) mass is 413 g/mol. The summed E-state index contributed by atoms with van der Waals surface area (Å²) in [6.07, 6.45) is 5.04. The predicted molar refractivity (Wildman–Crippen MR) is 111 cm³/mol. The van der Waals surface area contributed by atoms with Gasteiger partial charge in [0, 0.05) is 45.5 Å². The molecule has 1 atom stereocenters. The van der Waals surface area contributed by atoms with Crippen LogP contribution in [0.3, 0.4) is 0 Å². The zero-order valence-corrected chi connectivity index (χ0v) is 17.3. The number of carbonyl (C=O) groups is 2. The van der Waals surface area contributed by atoms with Crippen LogP contribution in [0, 0.1) is 5.82 Å². The van der Waals surface area contributed by atoms with Gasteiger partial charge in [-0.05, 0) is 50.5 Å². The summed E-state index contributed by atoms with van der Waals surface area (Å²) >= 11 is 0. The topological polar surface area (TPSA) is 61.7 Å². The Morgan fingerprint density at radius 2 is 1.70 bits per heavy atom. The van der Waals surface area contributed by atoms with Crippen molar-refractivity contribution in [1.29, 1.82) is 0 Å². The summed E-state index contributed by atoms with van der Waals surface area (Å²) in [7, 11) is 0. The summed E-state index contributed by atoms with van der Waals surface area (Å²) in [6, 6.07) is 7.59. The van der Waals surface area contributed by atoms with Gasteiger partial charge in [-0.25, -0.2) is 9.07 Å². The van der Waals surface area contributed by atoms with Gasteiger partial charge >= 0.3 is 0 Å². The Morgan fingerprint density at radius 3 is 2.40 bits per heavy atom. The maximum Gasteiger partial charge on any atom is 0.274 e. The first kappa shape index (κ1) is 20.5. The van der Waals surface area contributed by atoms with E-state index in [9.17, 15) is 14.0 Å². The molecule has 1 aromatic carbocycles. The highest BCUT2D eigenvalue weighted by molar-refractivity contribution is 5.92. The van der Waals surface area contributed by atoms with Crippen LogP contribution in [0.15, 0.2) is 36.5 Å². The number of piperidine rings is 1. The second kappa shape index (κ2) is 8.95. The molecule has 0 saturated carbocycles. The highest BCUT2D eigenvalue weighted by Crippen LogP contribution is 2.16. The molecule has 2 fully saturated rings. The molecule has 0 bridgehead atoms. The number of piperazine rings is 1. The standard InChI is InChI=1S/C22H28FN5O2/c1-17(21(29)26-9-3-2-4-10-26)25-12-14-27(15-13-25)22(30)20-8-11-28(24-20)19-7-5-6-18(23)16-19/h5-8,11,16-17H,2-4,9-10,12-15H2,1H3. The summed E-state index contributed by atoms with van der Waals surface area (Å²) in [6.45, 7) is 6.13. The fraction of sp³-hybridized carbons (Fsp3) is 0.500. The average molecular weight is 413 g/mol. The number of aromatic nitrogens is 2. The lowest BCUT2D eigenvalue weighted by Crippen LogP contribution is -2.56. The van der Waals surface area contributed by atoms with Gasteiger partial charge in [-0.15, -0.1) is 0 Å². The van der Waals surface area contributed by atoms with Crippen molar-refractivity contribution in [3.63, 3.8) is 0 Å². The number of carbonyl (C=O) groups excluding carboxylic acids is 2. The minimum Gasteiger partial charge on any atom is -0.341 e. The van der Waals surface area contributed by atoms with E-state index in [-0.39, 0.29) is 23.7 Å². The fourth-order valence-corrected chi connectivity index (χ4v) is 4.21. The van der Waals surface area contributed by atoms with Gasteiger partial charge < -0.3 is 9.80 Å². The second-order valence-corrected chi connectivity index (χ2v) is 8.02. The molecule has 3 heterocycles. The third-order valence-electron chi connectivity index (χ3n) is 6.06. The van der Waals surface area contributed by atoms with Gasteiger partial charge in [-0.1, -0.05) is 6.07 Å². The Balaban J connectivity index is 1.34. The minimum absolute atomic E-state index is 0.139. The molecular formula is C22H28FN5O2. The van der Waals surface area contributed by atoms with E-state index >= 15 is 0 Å². The normalized spacial score (nSPS) is 19.0. The molecule has 0 spiro atoms. The SMILES string of the molecule is CC(C(=O)N1CCCCC1)N1CCN(C(=O)c2ccn(-c3cccc(F)c3)n2)CC1. The third kappa shape index (κ3) is 4.38. The molecule has 2 aromatic rings. The van der Waals surface area contributed by atoms with Crippen molar-refractivity contribution < 1.29 is 14.0 Å². The van der Waals surface area contributed by atoms with E-state index in [1.807, 2.05) is 11.8 Å². The summed E-state index contributed by atoms with van der Waals surface area (Å²) in [5.41, 5.74) is 0.911. The number of nitrogens with zero attached hydrogens (tertiary/aromatic N) is 5. The molecule has 2 amide bonds. The van der Waals surface area contributed by atoms with Crippen LogP contribution in [-0.2, 0) is 4.79 Å². The molecule has 2 saturated heterocycles. The van der Waals surface area contributed by atoms with E-state index in [0.29, 0.717) is 37.6 Å². The van der Waals surface area contributed by atoms with Crippen LogP contribution in [0.2, 0.25) is 0 Å². The van der Waals surface area contributed by atoms with E-state index in [1.54, 1.807) is 29.3 Å². The van der Waals surface area contributed by atoms with Gasteiger partial charge in [-0.3, -0.25) is 14.5 Å². The Bertz CT molecular complexity index is 900. The van der Waals surface area contributed by atoms with Crippen molar-refractivity contribution in [3.8, 4) is 5.69 Å².